The summed E-state index contributed by atoms with van der Waals surface area (Å²) in [6.45, 7) is 14.8. The zero-order chi connectivity index (χ0) is 40.9. The number of oxime groups is 1. The lowest BCUT2D eigenvalue weighted by atomic mass is 9.83. The number of phenolic OH excluding ortho intramolecular Hbond substituents is 1. The van der Waals surface area contributed by atoms with Gasteiger partial charge in [-0.2, -0.15) is 0 Å². The van der Waals surface area contributed by atoms with E-state index < -0.39 is 11.0 Å². The third-order valence-corrected chi connectivity index (χ3v) is 11.1. The number of amides is 2. The maximum atomic E-state index is 13.4. The van der Waals surface area contributed by atoms with Crippen LogP contribution in [0.5, 0.6) is 34.5 Å². The summed E-state index contributed by atoms with van der Waals surface area (Å²) in [6.07, 6.45) is 1.73. The summed E-state index contributed by atoms with van der Waals surface area (Å²) >= 11 is 0. The van der Waals surface area contributed by atoms with Crippen LogP contribution in [0.3, 0.4) is 0 Å². The molecule has 0 aromatic heterocycles. The number of aromatic hydroxyl groups is 1. The summed E-state index contributed by atoms with van der Waals surface area (Å²) in [4.78, 5) is 32.5. The third-order valence-electron chi connectivity index (χ3n) is 11.1. The van der Waals surface area contributed by atoms with E-state index in [0.29, 0.717) is 78.9 Å². The maximum absolute atomic E-state index is 13.4. The fourth-order valence-electron chi connectivity index (χ4n) is 7.21. The van der Waals surface area contributed by atoms with Crippen LogP contribution in [0.25, 0.3) is 0 Å². The molecule has 0 spiro atoms. The van der Waals surface area contributed by atoms with Crippen LogP contribution in [-0.2, 0) is 32.0 Å². The van der Waals surface area contributed by atoms with Gasteiger partial charge >= 0.3 is 0 Å². The minimum absolute atomic E-state index is 0.0333. The monoisotopic (exact) mass is 785 g/mol. The lowest BCUT2D eigenvalue weighted by Gasteiger charge is -2.31. The van der Waals surface area contributed by atoms with Crippen LogP contribution >= 0.6 is 0 Å². The van der Waals surface area contributed by atoms with Gasteiger partial charge in [0.15, 0.2) is 24.2 Å². The molecule has 306 valence electrons. The molecule has 0 fully saturated rings. The molecule has 4 unspecified atom stereocenters. The van der Waals surface area contributed by atoms with Gasteiger partial charge in [-0.1, -0.05) is 37.7 Å². The number of ether oxygens (including phenoxy) is 6. The van der Waals surface area contributed by atoms with Gasteiger partial charge in [0, 0.05) is 54.3 Å². The molecule has 4 atom stereocenters. The lowest BCUT2D eigenvalue weighted by molar-refractivity contribution is -0.132. The van der Waals surface area contributed by atoms with Crippen molar-refractivity contribution < 1.29 is 48.0 Å². The molecule has 0 saturated heterocycles. The van der Waals surface area contributed by atoms with Crippen molar-refractivity contribution in [3.8, 4) is 34.5 Å². The van der Waals surface area contributed by atoms with Crippen molar-refractivity contribution in [2.45, 2.75) is 84.0 Å². The van der Waals surface area contributed by atoms with Crippen LogP contribution in [0.1, 0.15) is 75.6 Å². The Labute approximate surface area is 334 Å². The number of hydrogen-bond donors (Lipinski definition) is 3. The molecule has 13 heteroatoms. The van der Waals surface area contributed by atoms with Crippen LogP contribution in [0, 0.1) is 5.41 Å². The van der Waals surface area contributed by atoms with Crippen molar-refractivity contribution in [3.63, 3.8) is 0 Å². The van der Waals surface area contributed by atoms with Gasteiger partial charge in [-0.25, -0.2) is 0 Å². The summed E-state index contributed by atoms with van der Waals surface area (Å²) in [5.74, 6) is 2.47. The van der Waals surface area contributed by atoms with Crippen molar-refractivity contribution in [1.82, 2.24) is 10.6 Å². The van der Waals surface area contributed by atoms with Gasteiger partial charge in [0.1, 0.15) is 41.4 Å². The Morgan fingerprint density at radius 3 is 2.46 bits per heavy atom. The molecular weight excluding hydrogens is 730 g/mol. The highest BCUT2D eigenvalue weighted by Crippen LogP contribution is 2.48. The molecule has 57 heavy (non-hydrogen) atoms. The van der Waals surface area contributed by atoms with E-state index >= 15 is 0 Å². The number of hydrogen-bond acceptors (Lipinski definition) is 11. The van der Waals surface area contributed by atoms with E-state index in [2.05, 4.69) is 22.4 Å². The fraction of sp³-hybridized carbons (Fsp3) is 0.477. The molecule has 0 radical (unpaired) electrons. The van der Waals surface area contributed by atoms with Crippen molar-refractivity contribution in [2.24, 2.45) is 10.6 Å². The molecular formula is C44H55N3O10. The molecule has 3 aromatic carbocycles. The molecule has 3 aliphatic heterocycles. The number of carbonyl (C=O) groups is 2. The normalized spacial score (nSPS) is 18.9. The van der Waals surface area contributed by atoms with E-state index in [1.165, 1.54) is 0 Å². The Kier molecular flexibility index (Phi) is 12.6. The summed E-state index contributed by atoms with van der Waals surface area (Å²) in [7, 11) is 3.16. The third kappa shape index (κ3) is 9.25. The number of nitrogens with one attached hydrogen (secondary N) is 2. The van der Waals surface area contributed by atoms with Crippen molar-refractivity contribution >= 4 is 17.5 Å². The van der Waals surface area contributed by atoms with Gasteiger partial charge in [-0.05, 0) is 81.5 Å². The average molecular weight is 786 g/mol. The molecule has 3 N–H and O–H groups in total. The first-order chi connectivity index (χ1) is 27.3. The SMILES string of the molecule is C=C(C)C1Cc2c(ccc(C3=NOC4COc5cc(OC)c(OC)cc5C34)c2OCC(=O)NCC(C)(C)OCCC(C)(CC)C(=O)NCCc2ccc(O)cc2)O1. The van der Waals surface area contributed by atoms with Gasteiger partial charge < -0.3 is 49.0 Å². The lowest BCUT2D eigenvalue weighted by Crippen LogP contribution is -2.44. The number of carbonyl (C=O) groups excluding carboxylic acids is 2. The fourth-order valence-corrected chi connectivity index (χ4v) is 7.21. The van der Waals surface area contributed by atoms with E-state index in [9.17, 15) is 14.7 Å². The predicted octanol–water partition coefficient (Wildman–Crippen LogP) is 6.02. The molecule has 2 amide bonds. The Bertz CT molecular complexity index is 1990. The number of phenols is 1. The Hall–Kier alpha value is -5.43. The molecule has 0 saturated carbocycles. The van der Waals surface area contributed by atoms with Crippen LogP contribution in [0.2, 0.25) is 0 Å². The molecule has 3 aromatic rings. The summed E-state index contributed by atoms with van der Waals surface area (Å²) < 4.78 is 36.0. The van der Waals surface area contributed by atoms with E-state index in [0.717, 1.165) is 22.3 Å². The quantitative estimate of drug-likeness (QED) is 0.130. The first-order valence-electron chi connectivity index (χ1n) is 19.5. The zero-order valence-electron chi connectivity index (χ0n) is 34.0. The number of rotatable bonds is 18. The van der Waals surface area contributed by atoms with Crippen LogP contribution < -0.4 is 34.3 Å². The van der Waals surface area contributed by atoms with E-state index in [4.69, 9.17) is 33.3 Å². The average Bonchev–Trinajstić information content (AvgIpc) is 3.85. The van der Waals surface area contributed by atoms with E-state index in [1.54, 1.807) is 26.4 Å². The molecule has 13 nitrogen and oxygen atoms in total. The van der Waals surface area contributed by atoms with Gasteiger partial charge in [-0.3, -0.25) is 9.59 Å². The van der Waals surface area contributed by atoms with E-state index in [-0.39, 0.29) is 55.4 Å². The van der Waals surface area contributed by atoms with Crippen LogP contribution in [-0.4, -0.2) is 87.6 Å². The summed E-state index contributed by atoms with van der Waals surface area (Å²) in [5, 5.41) is 20.1. The molecule has 3 heterocycles. The predicted molar refractivity (Wildman–Crippen MR) is 215 cm³/mol. The van der Waals surface area contributed by atoms with E-state index in [1.807, 2.05) is 71.0 Å². The van der Waals surface area contributed by atoms with Crippen LogP contribution in [0.15, 0.2) is 65.8 Å². The number of fused-ring (bicyclic) bond motifs is 4. The standard InChI is InChI=1S/C44H55N3O10/c1-9-44(6,42(50)45-18-16-27-10-12-28(48)13-11-27)17-19-55-43(4,5)25-46-38(49)24-54-41-29(14-15-32-31(41)21-33(56-32)26(2)3)40-39-30-20-35(51-7)36(52-8)22-34(30)53-23-37(39)57-47-40/h10-15,20,22,33,37,39,48H,2,9,16-19,21,23-25H2,1,3-8H3,(H,45,50)(H,46,49). The molecule has 0 bridgehead atoms. The largest absolute Gasteiger partial charge is 0.508 e. The maximum Gasteiger partial charge on any atom is 0.258 e. The topological polar surface area (TPSA) is 155 Å². The first kappa shape index (κ1) is 41.2. The highest BCUT2D eigenvalue weighted by atomic mass is 16.7. The zero-order valence-corrected chi connectivity index (χ0v) is 34.0. The smallest absolute Gasteiger partial charge is 0.258 e. The molecule has 0 aliphatic carbocycles. The minimum atomic E-state index is -0.716. The number of methoxy groups -OCH3 is 2. The Morgan fingerprint density at radius 1 is 1.02 bits per heavy atom. The van der Waals surface area contributed by atoms with Crippen molar-refractivity contribution in [2.75, 3.05) is 47.1 Å². The summed E-state index contributed by atoms with van der Waals surface area (Å²) in [5.41, 5.74) is 3.57. The van der Waals surface area contributed by atoms with Gasteiger partial charge in [0.25, 0.3) is 5.91 Å². The molecule has 6 rings (SSSR count). The van der Waals surface area contributed by atoms with Gasteiger partial charge in [0.05, 0.1) is 25.7 Å². The van der Waals surface area contributed by atoms with Crippen molar-refractivity contribution in [3.05, 3.63) is 82.9 Å². The van der Waals surface area contributed by atoms with Crippen molar-refractivity contribution in [1.29, 1.82) is 0 Å². The summed E-state index contributed by atoms with van der Waals surface area (Å²) in [6, 6.07) is 14.5. The highest BCUT2D eigenvalue weighted by molar-refractivity contribution is 6.09. The Morgan fingerprint density at radius 2 is 1.75 bits per heavy atom. The first-order valence-corrected chi connectivity index (χ1v) is 19.5. The number of benzene rings is 3. The highest BCUT2D eigenvalue weighted by Gasteiger charge is 2.44. The Balaban J connectivity index is 1.08. The van der Waals surface area contributed by atoms with Crippen LogP contribution in [0.4, 0.5) is 0 Å². The van der Waals surface area contributed by atoms with Gasteiger partial charge in [-0.15, -0.1) is 0 Å². The second kappa shape index (κ2) is 17.4. The second-order valence-electron chi connectivity index (χ2n) is 15.7. The number of nitrogens with zero attached hydrogens (tertiary/aromatic N) is 1. The van der Waals surface area contributed by atoms with Gasteiger partial charge in [0.2, 0.25) is 5.91 Å². The molecule has 3 aliphatic rings. The minimum Gasteiger partial charge on any atom is -0.508 e. The second-order valence-corrected chi connectivity index (χ2v) is 15.7.